The van der Waals surface area contributed by atoms with Crippen LogP contribution in [-0.2, 0) is 20.9 Å². The SMILES string of the molecule is CCCN(CC1CC1)C(=O)COC(=O)C=Cc1ccc(OCc2c(C)noc2C)c(OC)c1. The first-order valence-corrected chi connectivity index (χ1v) is 11.3. The predicted molar refractivity (Wildman–Crippen MR) is 123 cm³/mol. The van der Waals surface area contributed by atoms with Crippen LogP contribution in [0.15, 0.2) is 28.8 Å². The molecule has 1 amide bonds. The molecule has 0 N–H and O–H groups in total. The molecule has 1 aromatic heterocycles. The summed E-state index contributed by atoms with van der Waals surface area (Å²) in [7, 11) is 1.55. The van der Waals surface area contributed by atoms with Crippen LogP contribution in [0.4, 0.5) is 0 Å². The lowest BCUT2D eigenvalue weighted by atomic mass is 10.2. The van der Waals surface area contributed by atoms with Gasteiger partial charge in [0.15, 0.2) is 18.1 Å². The van der Waals surface area contributed by atoms with E-state index in [1.54, 1.807) is 36.3 Å². The van der Waals surface area contributed by atoms with E-state index >= 15 is 0 Å². The van der Waals surface area contributed by atoms with E-state index in [0.717, 1.165) is 29.8 Å². The van der Waals surface area contributed by atoms with Crippen LogP contribution >= 0.6 is 0 Å². The zero-order valence-corrected chi connectivity index (χ0v) is 19.8. The van der Waals surface area contributed by atoms with Gasteiger partial charge in [-0.15, -0.1) is 0 Å². The summed E-state index contributed by atoms with van der Waals surface area (Å²) in [5.41, 5.74) is 2.42. The molecule has 2 aromatic rings. The molecule has 0 aliphatic heterocycles. The van der Waals surface area contributed by atoms with Crippen molar-refractivity contribution in [3.8, 4) is 11.5 Å². The second-order valence-electron chi connectivity index (χ2n) is 8.23. The maximum Gasteiger partial charge on any atom is 0.331 e. The molecular formula is C25H32N2O6. The molecule has 33 heavy (non-hydrogen) atoms. The fourth-order valence-corrected chi connectivity index (χ4v) is 3.40. The van der Waals surface area contributed by atoms with Gasteiger partial charge in [-0.1, -0.05) is 18.1 Å². The summed E-state index contributed by atoms with van der Waals surface area (Å²) in [5, 5.41) is 3.92. The monoisotopic (exact) mass is 456 g/mol. The summed E-state index contributed by atoms with van der Waals surface area (Å²) in [6.07, 6.45) is 6.14. The van der Waals surface area contributed by atoms with Gasteiger partial charge in [0.2, 0.25) is 0 Å². The van der Waals surface area contributed by atoms with Crippen molar-refractivity contribution in [3.05, 3.63) is 46.9 Å². The van der Waals surface area contributed by atoms with Crippen LogP contribution in [-0.4, -0.2) is 48.7 Å². The molecule has 178 valence electrons. The number of esters is 1. The van der Waals surface area contributed by atoms with Crippen LogP contribution in [0.1, 0.15) is 48.8 Å². The molecular weight excluding hydrogens is 424 g/mol. The molecule has 0 saturated heterocycles. The number of carbonyl (C=O) groups is 2. The Morgan fingerprint density at radius 3 is 2.67 bits per heavy atom. The summed E-state index contributed by atoms with van der Waals surface area (Å²) in [4.78, 5) is 26.3. The van der Waals surface area contributed by atoms with Gasteiger partial charge >= 0.3 is 5.97 Å². The Bertz CT molecular complexity index is 973. The van der Waals surface area contributed by atoms with E-state index in [1.165, 1.54) is 18.9 Å². The maximum absolute atomic E-state index is 12.4. The molecule has 0 bridgehead atoms. The maximum atomic E-state index is 12.4. The van der Waals surface area contributed by atoms with E-state index in [1.807, 2.05) is 20.8 Å². The zero-order chi connectivity index (χ0) is 23.8. The third kappa shape index (κ3) is 7.10. The number of aryl methyl sites for hydroxylation is 2. The van der Waals surface area contributed by atoms with Gasteiger partial charge in [0, 0.05) is 19.2 Å². The smallest absolute Gasteiger partial charge is 0.331 e. The van der Waals surface area contributed by atoms with Gasteiger partial charge in [-0.25, -0.2) is 4.79 Å². The minimum absolute atomic E-state index is 0.146. The molecule has 0 radical (unpaired) electrons. The second-order valence-corrected chi connectivity index (χ2v) is 8.23. The lowest BCUT2D eigenvalue weighted by Crippen LogP contribution is -2.36. The van der Waals surface area contributed by atoms with Crippen molar-refractivity contribution < 1.29 is 28.3 Å². The Kier molecular flexibility index (Phi) is 8.52. The van der Waals surface area contributed by atoms with Gasteiger partial charge in [-0.3, -0.25) is 4.79 Å². The number of nitrogens with zero attached hydrogens (tertiary/aromatic N) is 2. The first kappa shape index (κ1) is 24.4. The normalized spacial score (nSPS) is 13.2. The van der Waals surface area contributed by atoms with E-state index < -0.39 is 5.97 Å². The highest BCUT2D eigenvalue weighted by molar-refractivity contribution is 5.89. The summed E-state index contributed by atoms with van der Waals surface area (Å²) < 4.78 is 21.6. The van der Waals surface area contributed by atoms with E-state index in [-0.39, 0.29) is 12.5 Å². The molecule has 1 aliphatic rings. The number of aromatic nitrogens is 1. The molecule has 1 saturated carbocycles. The van der Waals surface area contributed by atoms with Gasteiger partial charge < -0.3 is 23.6 Å². The molecule has 3 rings (SSSR count). The summed E-state index contributed by atoms with van der Waals surface area (Å²) in [6, 6.07) is 5.33. The number of hydrogen-bond donors (Lipinski definition) is 0. The first-order valence-electron chi connectivity index (χ1n) is 11.3. The quantitative estimate of drug-likeness (QED) is 0.351. The second kappa shape index (κ2) is 11.5. The highest BCUT2D eigenvalue weighted by Crippen LogP contribution is 2.30. The van der Waals surface area contributed by atoms with E-state index in [4.69, 9.17) is 18.7 Å². The average Bonchev–Trinajstić information content (AvgIpc) is 3.58. The van der Waals surface area contributed by atoms with Crippen molar-refractivity contribution >= 4 is 18.0 Å². The van der Waals surface area contributed by atoms with Gasteiger partial charge in [-0.05, 0) is 62.8 Å². The highest BCUT2D eigenvalue weighted by Gasteiger charge is 2.26. The minimum Gasteiger partial charge on any atom is -0.493 e. The Hall–Kier alpha value is -3.29. The van der Waals surface area contributed by atoms with Gasteiger partial charge in [0.1, 0.15) is 12.4 Å². The Labute approximate surface area is 194 Å². The van der Waals surface area contributed by atoms with Crippen LogP contribution in [0.25, 0.3) is 6.08 Å². The average molecular weight is 457 g/mol. The lowest BCUT2D eigenvalue weighted by molar-refractivity contribution is -0.148. The molecule has 1 heterocycles. The van der Waals surface area contributed by atoms with Gasteiger partial charge in [-0.2, -0.15) is 0 Å². The summed E-state index contributed by atoms with van der Waals surface area (Å²) >= 11 is 0. The standard InChI is InChI=1S/C25H32N2O6/c1-5-12-27(14-20-6-7-20)24(28)16-32-25(29)11-9-19-8-10-22(23(13-19)30-4)31-15-21-17(2)26-33-18(21)3/h8-11,13,20H,5-7,12,14-16H2,1-4H3. The molecule has 8 heteroatoms. The molecule has 0 unspecified atom stereocenters. The third-order valence-electron chi connectivity index (χ3n) is 5.51. The Morgan fingerprint density at radius 1 is 1.24 bits per heavy atom. The number of ether oxygens (including phenoxy) is 3. The van der Waals surface area contributed by atoms with Crippen molar-refractivity contribution in [2.45, 2.75) is 46.6 Å². The Balaban J connectivity index is 1.53. The fourth-order valence-electron chi connectivity index (χ4n) is 3.40. The van der Waals surface area contributed by atoms with Crippen molar-refractivity contribution in [3.63, 3.8) is 0 Å². The van der Waals surface area contributed by atoms with Gasteiger partial charge in [0.05, 0.1) is 18.4 Å². The molecule has 1 aliphatic carbocycles. The number of benzene rings is 1. The topological polar surface area (TPSA) is 91.1 Å². The highest BCUT2D eigenvalue weighted by atomic mass is 16.5. The lowest BCUT2D eigenvalue weighted by Gasteiger charge is -2.21. The molecule has 0 atom stereocenters. The summed E-state index contributed by atoms with van der Waals surface area (Å²) in [5.74, 6) is 1.70. The largest absolute Gasteiger partial charge is 0.493 e. The van der Waals surface area contributed by atoms with Crippen LogP contribution in [0, 0.1) is 19.8 Å². The van der Waals surface area contributed by atoms with E-state index in [2.05, 4.69) is 5.16 Å². The van der Waals surface area contributed by atoms with Gasteiger partial charge in [0.25, 0.3) is 5.91 Å². The number of amides is 1. The summed E-state index contributed by atoms with van der Waals surface area (Å²) in [6.45, 7) is 7.24. The first-order chi connectivity index (χ1) is 15.9. The number of hydrogen-bond acceptors (Lipinski definition) is 7. The molecule has 1 fully saturated rings. The van der Waals surface area contributed by atoms with Crippen molar-refractivity contribution in [1.29, 1.82) is 0 Å². The van der Waals surface area contributed by atoms with Crippen molar-refractivity contribution in [1.82, 2.24) is 10.1 Å². The molecule has 0 spiro atoms. The van der Waals surface area contributed by atoms with Crippen molar-refractivity contribution in [2.75, 3.05) is 26.8 Å². The number of rotatable bonds is 12. The van der Waals surface area contributed by atoms with Crippen molar-refractivity contribution in [2.24, 2.45) is 5.92 Å². The molecule has 8 nitrogen and oxygen atoms in total. The third-order valence-corrected chi connectivity index (χ3v) is 5.51. The zero-order valence-electron chi connectivity index (χ0n) is 19.8. The minimum atomic E-state index is -0.566. The fraction of sp³-hybridized carbons (Fsp3) is 0.480. The van der Waals surface area contributed by atoms with E-state index in [9.17, 15) is 9.59 Å². The number of methoxy groups -OCH3 is 1. The van der Waals surface area contributed by atoms with Crippen LogP contribution < -0.4 is 9.47 Å². The van der Waals surface area contributed by atoms with Crippen LogP contribution in [0.5, 0.6) is 11.5 Å². The van der Waals surface area contributed by atoms with Crippen LogP contribution in [0.2, 0.25) is 0 Å². The molecule has 1 aromatic carbocycles. The Morgan fingerprint density at radius 2 is 2.03 bits per heavy atom. The number of carbonyl (C=O) groups excluding carboxylic acids is 2. The van der Waals surface area contributed by atoms with E-state index in [0.29, 0.717) is 36.3 Å². The predicted octanol–water partition coefficient (Wildman–Crippen LogP) is 4.08. The van der Waals surface area contributed by atoms with Crippen LogP contribution in [0.3, 0.4) is 0 Å².